The monoisotopic (exact) mass is 519 g/mol. The van der Waals surface area contributed by atoms with E-state index < -0.39 is 36.5 Å². The average Bonchev–Trinajstić information content (AvgIpc) is 2.86. The molecule has 3 aromatic rings. The van der Waals surface area contributed by atoms with E-state index in [0.717, 1.165) is 16.7 Å². The van der Waals surface area contributed by atoms with Crippen LogP contribution < -0.4 is 26.7 Å². The van der Waals surface area contributed by atoms with Crippen LogP contribution in [-0.4, -0.2) is 50.4 Å². The van der Waals surface area contributed by atoms with Gasteiger partial charge in [-0.3, -0.25) is 9.36 Å². The summed E-state index contributed by atoms with van der Waals surface area (Å²) in [6.45, 7) is -1.16. The van der Waals surface area contributed by atoms with E-state index in [-0.39, 0.29) is 29.8 Å². The summed E-state index contributed by atoms with van der Waals surface area (Å²) in [5, 5.41) is 24.7. The Morgan fingerprint density at radius 2 is 1.94 bits per heavy atom. The first-order valence-electron chi connectivity index (χ1n) is 10.6. The third-order valence-corrected chi connectivity index (χ3v) is 5.13. The van der Waals surface area contributed by atoms with Gasteiger partial charge in [-0.1, -0.05) is 23.7 Å². The summed E-state index contributed by atoms with van der Waals surface area (Å²) in [6, 6.07) is 10.4. The van der Waals surface area contributed by atoms with Crippen LogP contribution in [0.4, 0.5) is 16.0 Å². The molecule has 13 heteroatoms. The van der Waals surface area contributed by atoms with Crippen LogP contribution in [0.1, 0.15) is 5.56 Å². The molecule has 0 aliphatic rings. The minimum atomic E-state index is -1.35. The predicted molar refractivity (Wildman–Crippen MR) is 130 cm³/mol. The van der Waals surface area contributed by atoms with Crippen LogP contribution in [-0.2, 0) is 17.9 Å². The highest BCUT2D eigenvalue weighted by atomic mass is 35.5. The van der Waals surface area contributed by atoms with Crippen LogP contribution >= 0.6 is 11.6 Å². The topological polar surface area (TPSA) is 148 Å². The van der Waals surface area contributed by atoms with E-state index in [2.05, 4.69) is 15.6 Å². The lowest BCUT2D eigenvalue weighted by molar-refractivity contribution is -0.104. The number of hydrogen-bond donors (Lipinski definition) is 4. The van der Waals surface area contributed by atoms with Gasteiger partial charge in [0.05, 0.1) is 25.8 Å². The maximum Gasteiger partial charge on any atom is 0.355 e. The van der Waals surface area contributed by atoms with E-state index in [9.17, 15) is 23.9 Å². The van der Waals surface area contributed by atoms with E-state index in [1.54, 1.807) is 24.3 Å². The number of nitrogens with one attached hydrogen (secondary N) is 2. The van der Waals surface area contributed by atoms with Gasteiger partial charge < -0.3 is 25.6 Å². The van der Waals surface area contributed by atoms with Gasteiger partial charge in [0.25, 0.3) is 0 Å². The Hall–Kier alpha value is -4.00. The number of rotatable bonds is 11. The van der Waals surface area contributed by atoms with Crippen molar-refractivity contribution < 1.29 is 24.1 Å². The van der Waals surface area contributed by atoms with Crippen molar-refractivity contribution in [2.45, 2.75) is 19.2 Å². The standard InChI is InChI=1S/C23H23ClFN5O6/c1-26-20(8-9-31)36-19-7-6-16(10-18(19)25)27-21-28-22(34)30(12-17(33)13-32)23(35)29(21)11-14-2-4-15(24)5-3-14/h2-10,17,26,32-33H,11-13H2,1H3,(H,27,28,34)/t17-/m0/s1. The van der Waals surface area contributed by atoms with Crippen molar-refractivity contribution in [3.05, 3.63) is 91.8 Å². The Balaban J connectivity index is 2.00. The number of anilines is 2. The molecule has 0 bridgehead atoms. The second kappa shape index (κ2) is 12.1. The van der Waals surface area contributed by atoms with Crippen LogP contribution in [0.2, 0.25) is 5.02 Å². The molecule has 0 aliphatic heterocycles. The van der Waals surface area contributed by atoms with Gasteiger partial charge in [-0.15, -0.1) is 0 Å². The molecule has 0 saturated heterocycles. The number of halogens is 2. The summed E-state index contributed by atoms with van der Waals surface area (Å²) in [7, 11) is 1.50. The van der Waals surface area contributed by atoms with Crippen LogP contribution in [0.15, 0.2) is 64.0 Å². The van der Waals surface area contributed by atoms with Crippen LogP contribution in [0.5, 0.6) is 5.75 Å². The molecule has 0 aliphatic carbocycles. The van der Waals surface area contributed by atoms with Crippen LogP contribution in [0.25, 0.3) is 0 Å². The number of aliphatic hydroxyl groups is 2. The smallest absolute Gasteiger partial charge is 0.355 e. The minimum Gasteiger partial charge on any atom is -0.438 e. The number of carbonyl (C=O) groups is 1. The fraction of sp³-hybridized carbons (Fsp3) is 0.217. The summed E-state index contributed by atoms with van der Waals surface area (Å²) in [6.07, 6.45) is 0.207. The number of aldehydes is 1. The summed E-state index contributed by atoms with van der Waals surface area (Å²) in [5.74, 6) is -1.13. The minimum absolute atomic E-state index is 0.0248. The number of allylic oxidation sites excluding steroid dienone is 1. The summed E-state index contributed by atoms with van der Waals surface area (Å²) in [5.41, 5.74) is -0.983. The highest BCUT2D eigenvalue weighted by molar-refractivity contribution is 6.30. The molecule has 4 N–H and O–H groups in total. The lowest BCUT2D eigenvalue weighted by Crippen LogP contribution is -2.45. The van der Waals surface area contributed by atoms with Crippen molar-refractivity contribution in [2.24, 2.45) is 0 Å². The molecular formula is C23H23ClFN5O6. The van der Waals surface area contributed by atoms with E-state index in [4.69, 9.17) is 21.4 Å². The number of carbonyl (C=O) groups excluding carboxylic acids is 1. The highest BCUT2D eigenvalue weighted by Gasteiger charge is 2.17. The molecule has 1 heterocycles. The second-order valence-corrected chi connectivity index (χ2v) is 7.89. The molecule has 0 saturated carbocycles. The zero-order valence-corrected chi connectivity index (χ0v) is 19.8. The fourth-order valence-electron chi connectivity index (χ4n) is 3.10. The molecule has 1 atom stereocenters. The van der Waals surface area contributed by atoms with Crippen molar-refractivity contribution in [2.75, 3.05) is 19.0 Å². The largest absolute Gasteiger partial charge is 0.438 e. The zero-order chi connectivity index (χ0) is 26.2. The van der Waals surface area contributed by atoms with Gasteiger partial charge in [0, 0.05) is 29.9 Å². The van der Waals surface area contributed by atoms with Gasteiger partial charge in [-0.2, -0.15) is 4.98 Å². The molecule has 0 radical (unpaired) electrons. The Bertz CT molecular complexity index is 1370. The number of hydrogen-bond acceptors (Lipinski definition) is 9. The fourth-order valence-corrected chi connectivity index (χ4v) is 3.23. The van der Waals surface area contributed by atoms with E-state index in [1.165, 1.54) is 19.2 Å². The Morgan fingerprint density at radius 1 is 1.22 bits per heavy atom. The van der Waals surface area contributed by atoms with E-state index in [1.807, 2.05) is 0 Å². The average molecular weight is 520 g/mol. The molecule has 0 fully saturated rings. The van der Waals surface area contributed by atoms with Crippen molar-refractivity contribution in [1.82, 2.24) is 19.4 Å². The zero-order valence-electron chi connectivity index (χ0n) is 19.0. The lowest BCUT2D eigenvalue weighted by Gasteiger charge is -2.17. The Kier molecular flexibility index (Phi) is 8.95. The number of aromatic nitrogens is 3. The SMILES string of the molecule is CNC(=CC=O)Oc1ccc(Nc2nc(=O)n(C[C@H](O)CO)c(=O)n2Cc2ccc(Cl)cc2)cc1F. The van der Waals surface area contributed by atoms with Crippen molar-refractivity contribution >= 4 is 29.5 Å². The van der Waals surface area contributed by atoms with Crippen LogP contribution in [0, 0.1) is 5.82 Å². The number of aliphatic hydroxyl groups excluding tert-OH is 2. The molecule has 190 valence electrons. The highest BCUT2D eigenvalue weighted by Crippen LogP contribution is 2.24. The quantitative estimate of drug-likeness (QED) is 0.165. The number of benzene rings is 2. The number of nitrogens with zero attached hydrogens (tertiary/aromatic N) is 3. The second-order valence-electron chi connectivity index (χ2n) is 7.45. The third-order valence-electron chi connectivity index (χ3n) is 4.88. The summed E-state index contributed by atoms with van der Waals surface area (Å²) in [4.78, 5) is 40.2. The van der Waals surface area contributed by atoms with Gasteiger partial charge >= 0.3 is 11.4 Å². The summed E-state index contributed by atoms with van der Waals surface area (Å²) >= 11 is 5.93. The molecule has 0 amide bonds. The first-order valence-corrected chi connectivity index (χ1v) is 11.0. The van der Waals surface area contributed by atoms with Crippen LogP contribution in [0.3, 0.4) is 0 Å². The van der Waals surface area contributed by atoms with Gasteiger partial charge in [0.2, 0.25) is 5.95 Å². The Morgan fingerprint density at radius 3 is 2.56 bits per heavy atom. The normalized spacial score (nSPS) is 12.2. The molecule has 11 nitrogen and oxygen atoms in total. The molecule has 36 heavy (non-hydrogen) atoms. The Labute approximate surface area is 209 Å². The van der Waals surface area contributed by atoms with Gasteiger partial charge in [0.1, 0.15) is 6.29 Å². The van der Waals surface area contributed by atoms with Gasteiger partial charge in [0.15, 0.2) is 17.4 Å². The van der Waals surface area contributed by atoms with E-state index >= 15 is 0 Å². The predicted octanol–water partition coefficient (Wildman–Crippen LogP) is 0.981. The number of ether oxygens (including phenoxy) is 1. The van der Waals surface area contributed by atoms with E-state index in [0.29, 0.717) is 21.4 Å². The van der Waals surface area contributed by atoms with Crippen molar-refractivity contribution in [3.63, 3.8) is 0 Å². The maximum absolute atomic E-state index is 14.7. The molecule has 0 spiro atoms. The van der Waals surface area contributed by atoms with Gasteiger partial charge in [-0.25, -0.2) is 18.5 Å². The third kappa shape index (κ3) is 6.56. The van der Waals surface area contributed by atoms with Crippen molar-refractivity contribution in [1.29, 1.82) is 0 Å². The first kappa shape index (κ1) is 26.6. The first-order chi connectivity index (χ1) is 17.2. The molecule has 2 aromatic carbocycles. The maximum atomic E-state index is 14.7. The molecule has 3 rings (SSSR count). The van der Waals surface area contributed by atoms with Gasteiger partial charge in [-0.05, 0) is 29.8 Å². The molecular weight excluding hydrogens is 497 g/mol. The summed E-state index contributed by atoms with van der Waals surface area (Å²) < 4.78 is 21.8. The van der Waals surface area contributed by atoms with Crippen molar-refractivity contribution in [3.8, 4) is 5.75 Å². The molecule has 1 aromatic heterocycles. The molecule has 0 unspecified atom stereocenters. The lowest BCUT2D eigenvalue weighted by atomic mass is 10.2.